The van der Waals surface area contributed by atoms with Crippen LogP contribution in [0.15, 0.2) is 24.3 Å². The quantitative estimate of drug-likeness (QED) is 0.685. The van der Waals surface area contributed by atoms with Gasteiger partial charge in [-0.3, -0.25) is 4.79 Å². The Balaban J connectivity index is 2.39. The van der Waals surface area contributed by atoms with Crippen LogP contribution in [0.25, 0.3) is 5.57 Å². The number of rotatable bonds is 6. The Labute approximate surface area is 147 Å². The van der Waals surface area contributed by atoms with E-state index in [4.69, 9.17) is 22.1 Å². The zero-order valence-electron chi connectivity index (χ0n) is 13.7. The van der Waals surface area contributed by atoms with Gasteiger partial charge in [-0.2, -0.15) is 0 Å². The van der Waals surface area contributed by atoms with Crippen LogP contribution in [0.4, 0.5) is 0 Å². The smallest absolute Gasteiger partial charge is 0.249 e. The molecule has 1 aliphatic rings. The van der Waals surface area contributed by atoms with Crippen molar-refractivity contribution in [3.8, 4) is 5.75 Å². The van der Waals surface area contributed by atoms with Crippen LogP contribution in [0.2, 0.25) is 0 Å². The van der Waals surface area contributed by atoms with Gasteiger partial charge in [0.2, 0.25) is 5.91 Å². The summed E-state index contributed by atoms with van der Waals surface area (Å²) in [4.78, 5) is 12.6. The molecule has 1 aromatic carbocycles. The summed E-state index contributed by atoms with van der Waals surface area (Å²) in [5.74, 6) is 0.557. The van der Waals surface area contributed by atoms with Crippen molar-refractivity contribution in [1.29, 1.82) is 0 Å². The number of carbonyl (C=O) groups excluding carboxylic acids is 1. The number of hydrogen-bond acceptors (Lipinski definition) is 5. The van der Waals surface area contributed by atoms with E-state index in [9.17, 15) is 9.90 Å². The summed E-state index contributed by atoms with van der Waals surface area (Å²) in [6.45, 7) is 2.16. The van der Waals surface area contributed by atoms with Crippen molar-refractivity contribution in [1.82, 2.24) is 5.32 Å². The van der Waals surface area contributed by atoms with Gasteiger partial charge in [0.25, 0.3) is 0 Å². The average molecular weight is 349 g/mol. The minimum absolute atomic E-state index is 0.0751. The number of aliphatic hydroxyl groups excluding tert-OH is 2. The third-order valence-electron chi connectivity index (χ3n) is 3.92. The van der Waals surface area contributed by atoms with E-state index in [2.05, 4.69) is 5.32 Å². The molecule has 6 heteroatoms. The van der Waals surface area contributed by atoms with Gasteiger partial charge in [0, 0.05) is 24.7 Å². The Kier molecular flexibility index (Phi) is 6.90. The molecule has 1 amide bonds. The Hall–Kier alpha value is -1.76. The molecule has 0 saturated carbocycles. The molecule has 130 valence electrons. The molecule has 5 nitrogen and oxygen atoms in total. The van der Waals surface area contributed by atoms with Crippen molar-refractivity contribution in [2.24, 2.45) is 5.92 Å². The first-order chi connectivity index (χ1) is 11.5. The van der Waals surface area contributed by atoms with Crippen molar-refractivity contribution < 1.29 is 19.7 Å². The second kappa shape index (κ2) is 8.92. The Bertz CT molecular complexity index is 642. The van der Waals surface area contributed by atoms with Crippen molar-refractivity contribution in [2.75, 3.05) is 19.8 Å². The second-order valence-corrected chi connectivity index (χ2v) is 6.43. The van der Waals surface area contributed by atoms with Gasteiger partial charge in [0.05, 0.1) is 11.6 Å². The Morgan fingerprint density at radius 1 is 1.29 bits per heavy atom. The number of thiocarbonyl (C=S) groups is 1. The molecular formula is C18H23NO4S. The standard InChI is InChI=1S/C18H23NO4S/c1-12-2-3-15(16(8-12)23-7-6-21)14-9-13(4-5-20)10-18(24)19-17(22)11-14/h2-3,8,11,13,20-21H,4-7,9-10H2,1H3,(H,19,22,24)/b14-11+. The molecule has 0 fully saturated rings. The first-order valence-corrected chi connectivity index (χ1v) is 8.44. The predicted octanol–water partition coefficient (Wildman–Crippen LogP) is 1.99. The lowest BCUT2D eigenvalue weighted by Crippen LogP contribution is -2.31. The lowest BCUT2D eigenvalue weighted by atomic mass is 9.88. The van der Waals surface area contributed by atoms with E-state index in [0.717, 1.165) is 16.7 Å². The molecule has 1 unspecified atom stereocenters. The fraction of sp³-hybridized carbons (Fsp3) is 0.444. The van der Waals surface area contributed by atoms with Gasteiger partial charge < -0.3 is 20.3 Å². The topological polar surface area (TPSA) is 78.8 Å². The van der Waals surface area contributed by atoms with Crippen LogP contribution in [-0.4, -0.2) is 40.9 Å². The molecule has 3 N–H and O–H groups in total. The summed E-state index contributed by atoms with van der Waals surface area (Å²) >= 11 is 5.18. The molecule has 1 atom stereocenters. The van der Waals surface area contributed by atoms with E-state index >= 15 is 0 Å². The number of carbonyl (C=O) groups is 1. The summed E-state index contributed by atoms with van der Waals surface area (Å²) in [6.07, 6.45) is 3.36. The van der Waals surface area contributed by atoms with Crippen LogP contribution in [0, 0.1) is 12.8 Å². The van der Waals surface area contributed by atoms with Crippen LogP contribution in [0.5, 0.6) is 5.75 Å². The molecule has 1 aromatic rings. The second-order valence-electron chi connectivity index (χ2n) is 5.94. The highest BCUT2D eigenvalue weighted by molar-refractivity contribution is 7.80. The van der Waals surface area contributed by atoms with Gasteiger partial charge in [-0.05, 0) is 42.9 Å². The molecule has 0 radical (unpaired) electrons. The van der Waals surface area contributed by atoms with Crippen LogP contribution < -0.4 is 10.1 Å². The van der Waals surface area contributed by atoms with Crippen LogP contribution in [0.3, 0.4) is 0 Å². The lowest BCUT2D eigenvalue weighted by molar-refractivity contribution is -0.115. The number of allylic oxidation sites excluding steroid dienone is 1. The largest absolute Gasteiger partial charge is 0.491 e. The monoisotopic (exact) mass is 349 g/mol. The van der Waals surface area contributed by atoms with Gasteiger partial charge in [-0.15, -0.1) is 0 Å². The van der Waals surface area contributed by atoms with Gasteiger partial charge >= 0.3 is 0 Å². The fourth-order valence-corrected chi connectivity index (χ4v) is 3.17. The zero-order chi connectivity index (χ0) is 17.5. The summed E-state index contributed by atoms with van der Waals surface area (Å²) in [7, 11) is 0. The Morgan fingerprint density at radius 2 is 2.08 bits per heavy atom. The number of aryl methyl sites for hydroxylation is 1. The third kappa shape index (κ3) is 5.12. The van der Waals surface area contributed by atoms with Gasteiger partial charge in [0.1, 0.15) is 12.4 Å². The van der Waals surface area contributed by atoms with Crippen molar-refractivity contribution >= 4 is 28.7 Å². The van der Waals surface area contributed by atoms with Crippen LogP contribution in [-0.2, 0) is 4.79 Å². The highest BCUT2D eigenvalue weighted by Crippen LogP contribution is 2.34. The fourth-order valence-electron chi connectivity index (χ4n) is 2.83. The number of benzene rings is 1. The summed E-state index contributed by atoms with van der Waals surface area (Å²) in [5, 5.41) is 21.0. The maximum Gasteiger partial charge on any atom is 0.249 e. The molecule has 2 rings (SSSR count). The van der Waals surface area contributed by atoms with E-state index in [1.54, 1.807) is 6.08 Å². The summed E-state index contributed by atoms with van der Waals surface area (Å²) in [6, 6.07) is 5.79. The van der Waals surface area contributed by atoms with Crippen LogP contribution >= 0.6 is 12.2 Å². The summed E-state index contributed by atoms with van der Waals surface area (Å²) < 4.78 is 5.65. The minimum atomic E-state index is -0.244. The molecule has 0 aliphatic carbocycles. The summed E-state index contributed by atoms with van der Waals surface area (Å²) in [5.41, 5.74) is 2.72. The normalized spacial score (nSPS) is 20.6. The van der Waals surface area contributed by atoms with Crippen LogP contribution in [0.1, 0.15) is 30.4 Å². The predicted molar refractivity (Wildman–Crippen MR) is 96.9 cm³/mol. The van der Waals surface area contributed by atoms with E-state index in [1.807, 2.05) is 25.1 Å². The number of ether oxygens (including phenoxy) is 1. The highest BCUT2D eigenvalue weighted by atomic mass is 32.1. The van der Waals surface area contributed by atoms with Crippen molar-refractivity contribution in [2.45, 2.75) is 26.2 Å². The number of nitrogens with one attached hydrogen (secondary N) is 1. The minimum Gasteiger partial charge on any atom is -0.491 e. The maximum atomic E-state index is 12.1. The molecule has 1 heterocycles. The average Bonchev–Trinajstić information content (AvgIpc) is 2.51. The molecule has 24 heavy (non-hydrogen) atoms. The number of amides is 1. The first-order valence-electron chi connectivity index (χ1n) is 8.03. The lowest BCUT2D eigenvalue weighted by Gasteiger charge is -2.23. The van der Waals surface area contributed by atoms with Crippen molar-refractivity contribution in [3.05, 3.63) is 35.4 Å². The van der Waals surface area contributed by atoms with E-state index < -0.39 is 0 Å². The third-order valence-corrected chi connectivity index (χ3v) is 4.19. The molecule has 0 saturated heterocycles. The van der Waals surface area contributed by atoms with E-state index in [0.29, 0.717) is 30.0 Å². The van der Waals surface area contributed by atoms with Crippen molar-refractivity contribution in [3.63, 3.8) is 0 Å². The molecular weight excluding hydrogens is 326 g/mol. The Morgan fingerprint density at radius 3 is 2.79 bits per heavy atom. The zero-order valence-corrected chi connectivity index (χ0v) is 14.6. The molecule has 1 aliphatic heterocycles. The number of aliphatic hydroxyl groups is 2. The first kappa shape index (κ1) is 18.6. The van der Waals surface area contributed by atoms with Gasteiger partial charge in [-0.1, -0.05) is 24.4 Å². The van der Waals surface area contributed by atoms with E-state index in [-0.39, 0.29) is 31.6 Å². The van der Waals surface area contributed by atoms with Gasteiger partial charge in [0.15, 0.2) is 0 Å². The van der Waals surface area contributed by atoms with Gasteiger partial charge in [-0.25, -0.2) is 0 Å². The molecule has 0 aromatic heterocycles. The SMILES string of the molecule is Cc1ccc(/C2=C/C(=O)NC(=S)CC(CCO)C2)c(OCCO)c1. The number of hydrogen-bond donors (Lipinski definition) is 3. The maximum absolute atomic E-state index is 12.1. The highest BCUT2D eigenvalue weighted by Gasteiger charge is 2.21. The molecule has 0 bridgehead atoms. The molecule has 0 spiro atoms. The van der Waals surface area contributed by atoms with E-state index in [1.165, 1.54) is 0 Å².